The zero-order valence-corrected chi connectivity index (χ0v) is 17.4. The van der Waals surface area contributed by atoms with E-state index in [4.69, 9.17) is 16.3 Å². The average Bonchev–Trinajstić information content (AvgIpc) is 3.12. The smallest absolute Gasteiger partial charge is 0.311 e. The molecule has 1 aliphatic heterocycles. The maximum Gasteiger partial charge on any atom is 0.311 e. The van der Waals surface area contributed by atoms with Crippen molar-refractivity contribution in [3.05, 3.63) is 64.2 Å². The third-order valence-electron chi connectivity index (χ3n) is 5.20. The number of hydrogen-bond acceptors (Lipinski definition) is 4. The Kier molecular flexibility index (Phi) is 6.70. The van der Waals surface area contributed by atoms with E-state index >= 15 is 0 Å². The number of carbonyl (C=O) groups is 3. The molecule has 0 radical (unpaired) electrons. The van der Waals surface area contributed by atoms with Gasteiger partial charge in [0.1, 0.15) is 0 Å². The van der Waals surface area contributed by atoms with Gasteiger partial charge in [0, 0.05) is 29.2 Å². The lowest BCUT2D eigenvalue weighted by Crippen LogP contribution is -2.29. The number of ether oxygens (including phenoxy) is 1. The molecule has 152 valence electrons. The second-order valence-electron chi connectivity index (χ2n) is 7.08. The van der Waals surface area contributed by atoms with Gasteiger partial charge in [-0.15, -0.1) is 0 Å². The largest absolute Gasteiger partial charge is 0.457 e. The molecule has 5 nitrogen and oxygen atoms in total. The van der Waals surface area contributed by atoms with Crippen molar-refractivity contribution in [3.63, 3.8) is 0 Å². The van der Waals surface area contributed by atoms with Crippen LogP contribution in [0.25, 0.3) is 0 Å². The van der Waals surface area contributed by atoms with Crippen molar-refractivity contribution in [3.8, 4) is 0 Å². The number of nitrogens with zero attached hydrogens (tertiary/aromatic N) is 1. The molecule has 6 heteroatoms. The van der Waals surface area contributed by atoms with Gasteiger partial charge in [0.25, 0.3) is 0 Å². The Bertz CT molecular complexity index is 901. The van der Waals surface area contributed by atoms with Gasteiger partial charge >= 0.3 is 5.97 Å². The van der Waals surface area contributed by atoms with E-state index < -0.39 is 11.9 Å². The number of amides is 1. The summed E-state index contributed by atoms with van der Waals surface area (Å²) in [4.78, 5) is 39.0. The molecule has 2 aromatic rings. The molecule has 3 rings (SSSR count). The summed E-state index contributed by atoms with van der Waals surface area (Å²) in [5, 5.41) is 0.530. The molecule has 1 fully saturated rings. The van der Waals surface area contributed by atoms with Crippen LogP contribution >= 0.6 is 11.6 Å². The highest BCUT2D eigenvalue weighted by atomic mass is 35.5. The van der Waals surface area contributed by atoms with Crippen LogP contribution in [-0.4, -0.2) is 30.8 Å². The van der Waals surface area contributed by atoms with Gasteiger partial charge in [-0.1, -0.05) is 43.6 Å². The summed E-state index contributed by atoms with van der Waals surface area (Å²) >= 11 is 5.82. The summed E-state index contributed by atoms with van der Waals surface area (Å²) in [6.07, 6.45) is 1.70. The molecule has 0 aromatic heterocycles. The third-order valence-corrected chi connectivity index (χ3v) is 5.46. The summed E-state index contributed by atoms with van der Waals surface area (Å²) in [6.45, 7) is 4.02. The summed E-state index contributed by atoms with van der Waals surface area (Å²) in [6, 6.07) is 12.4. The van der Waals surface area contributed by atoms with Crippen LogP contribution in [0.15, 0.2) is 42.5 Å². The highest BCUT2D eigenvalue weighted by Gasteiger charge is 2.37. The van der Waals surface area contributed by atoms with Gasteiger partial charge in [-0.3, -0.25) is 14.4 Å². The van der Waals surface area contributed by atoms with Gasteiger partial charge in [-0.2, -0.15) is 0 Å². The number of carbonyl (C=O) groups excluding carboxylic acids is 3. The lowest BCUT2D eigenvalue weighted by atomic mass is 10.0. The fourth-order valence-electron chi connectivity index (χ4n) is 3.62. The Labute approximate surface area is 175 Å². The standard InChI is InChI=1S/C23H24ClNO4/c1-3-15-6-5-7-16(4-2)22(15)25-13-18(12-21(25)27)23(28)29-14-20(26)17-8-10-19(24)11-9-17/h5-11,18H,3-4,12-14H2,1-2H3/t18-/m1/s1. The molecule has 0 unspecified atom stereocenters. The van der Waals surface area contributed by atoms with Crippen LogP contribution in [0.2, 0.25) is 5.02 Å². The fourth-order valence-corrected chi connectivity index (χ4v) is 3.74. The number of benzene rings is 2. The van der Waals surface area contributed by atoms with E-state index in [1.807, 2.05) is 32.0 Å². The zero-order chi connectivity index (χ0) is 21.0. The number of esters is 1. The van der Waals surface area contributed by atoms with E-state index in [0.29, 0.717) is 10.6 Å². The van der Waals surface area contributed by atoms with E-state index in [1.165, 1.54) is 0 Å². The molecule has 1 aliphatic rings. The van der Waals surface area contributed by atoms with E-state index in [9.17, 15) is 14.4 Å². The highest BCUT2D eigenvalue weighted by molar-refractivity contribution is 6.30. The number of rotatable bonds is 7. The molecule has 1 heterocycles. The van der Waals surface area contributed by atoms with Crippen LogP contribution in [0.1, 0.15) is 41.8 Å². The normalized spacial score (nSPS) is 16.2. The van der Waals surface area contributed by atoms with Gasteiger partial charge < -0.3 is 9.64 Å². The molecule has 0 N–H and O–H groups in total. The predicted octanol–water partition coefficient (Wildman–Crippen LogP) is 4.24. The number of anilines is 1. The van der Waals surface area contributed by atoms with Crippen LogP contribution < -0.4 is 4.90 Å². The Morgan fingerprint density at radius 1 is 1.07 bits per heavy atom. The molecule has 0 bridgehead atoms. The number of Topliss-reactive ketones (excluding diaryl/α,β-unsaturated/α-hetero) is 1. The molecule has 0 spiro atoms. The van der Waals surface area contributed by atoms with Crippen LogP contribution in [0.3, 0.4) is 0 Å². The lowest BCUT2D eigenvalue weighted by Gasteiger charge is -2.23. The maximum absolute atomic E-state index is 12.7. The molecule has 0 aliphatic carbocycles. The first-order valence-electron chi connectivity index (χ1n) is 9.81. The van der Waals surface area contributed by atoms with E-state index in [2.05, 4.69) is 0 Å². The Hall–Kier alpha value is -2.66. The highest BCUT2D eigenvalue weighted by Crippen LogP contribution is 2.32. The lowest BCUT2D eigenvalue weighted by molar-refractivity contribution is -0.147. The van der Waals surface area contributed by atoms with Crippen molar-refractivity contribution in [1.29, 1.82) is 0 Å². The average molecular weight is 414 g/mol. The van der Waals surface area contributed by atoms with Crippen molar-refractivity contribution < 1.29 is 19.1 Å². The quantitative estimate of drug-likeness (QED) is 0.503. The number of hydrogen-bond donors (Lipinski definition) is 0. The molecule has 1 atom stereocenters. The van der Waals surface area contributed by atoms with Crippen LogP contribution in [0, 0.1) is 5.92 Å². The molecule has 0 saturated carbocycles. The molecular weight excluding hydrogens is 390 g/mol. The summed E-state index contributed by atoms with van der Waals surface area (Å²) < 4.78 is 5.22. The fraction of sp³-hybridized carbons (Fsp3) is 0.348. The van der Waals surface area contributed by atoms with Crippen molar-refractivity contribution in [2.45, 2.75) is 33.1 Å². The van der Waals surface area contributed by atoms with Crippen LogP contribution in [0.4, 0.5) is 5.69 Å². The minimum Gasteiger partial charge on any atom is -0.457 e. The number of halogens is 1. The Balaban J connectivity index is 1.66. The first kappa shape index (κ1) is 21.1. The summed E-state index contributed by atoms with van der Waals surface area (Å²) in [5.74, 6) is -1.49. The second kappa shape index (κ2) is 9.23. The van der Waals surface area contributed by atoms with Gasteiger partial charge in [0.2, 0.25) is 5.91 Å². The maximum atomic E-state index is 12.7. The molecule has 1 saturated heterocycles. The first-order chi connectivity index (χ1) is 13.9. The second-order valence-corrected chi connectivity index (χ2v) is 7.51. The number of aryl methyl sites for hydroxylation is 2. The third kappa shape index (κ3) is 4.67. The van der Waals surface area contributed by atoms with E-state index in [-0.39, 0.29) is 31.3 Å². The minimum absolute atomic E-state index is 0.0911. The SMILES string of the molecule is CCc1cccc(CC)c1N1C[C@H](C(=O)OCC(=O)c2ccc(Cl)cc2)CC1=O. The van der Waals surface area contributed by atoms with Gasteiger partial charge in [-0.05, 0) is 48.2 Å². The monoisotopic (exact) mass is 413 g/mol. The molecule has 2 aromatic carbocycles. The van der Waals surface area contributed by atoms with Crippen molar-refractivity contribution in [1.82, 2.24) is 0 Å². The Morgan fingerprint density at radius 2 is 1.69 bits per heavy atom. The van der Waals surface area contributed by atoms with Gasteiger partial charge in [-0.25, -0.2) is 0 Å². The number of ketones is 1. The molecule has 1 amide bonds. The minimum atomic E-state index is -0.574. The summed E-state index contributed by atoms with van der Waals surface area (Å²) in [7, 11) is 0. The van der Waals surface area contributed by atoms with Crippen molar-refractivity contribution in [2.75, 3.05) is 18.1 Å². The van der Waals surface area contributed by atoms with Crippen molar-refractivity contribution in [2.24, 2.45) is 5.92 Å². The van der Waals surface area contributed by atoms with E-state index in [1.54, 1.807) is 29.2 Å². The summed E-state index contributed by atoms with van der Waals surface area (Å²) in [5.41, 5.74) is 3.51. The molecule has 29 heavy (non-hydrogen) atoms. The first-order valence-corrected chi connectivity index (χ1v) is 10.2. The topological polar surface area (TPSA) is 63.7 Å². The number of para-hydroxylation sites is 1. The van der Waals surface area contributed by atoms with Crippen LogP contribution in [0.5, 0.6) is 0 Å². The van der Waals surface area contributed by atoms with Crippen LogP contribution in [-0.2, 0) is 27.2 Å². The van der Waals surface area contributed by atoms with E-state index in [0.717, 1.165) is 29.7 Å². The van der Waals surface area contributed by atoms with Gasteiger partial charge in [0.05, 0.1) is 5.92 Å². The zero-order valence-electron chi connectivity index (χ0n) is 16.6. The molecular formula is C23H24ClNO4. The predicted molar refractivity (Wildman–Crippen MR) is 112 cm³/mol. The van der Waals surface area contributed by atoms with Gasteiger partial charge in [0.15, 0.2) is 12.4 Å². The Morgan fingerprint density at radius 3 is 2.28 bits per heavy atom. The van der Waals surface area contributed by atoms with Crippen molar-refractivity contribution >= 4 is 34.9 Å².